The summed E-state index contributed by atoms with van der Waals surface area (Å²) in [6.45, 7) is 0.787. The Kier molecular flexibility index (Phi) is 5.64. The van der Waals surface area contributed by atoms with Gasteiger partial charge in [0.25, 0.3) is 0 Å². The van der Waals surface area contributed by atoms with Gasteiger partial charge in [0.2, 0.25) is 5.89 Å². The van der Waals surface area contributed by atoms with Crippen LogP contribution in [0.1, 0.15) is 11.4 Å². The summed E-state index contributed by atoms with van der Waals surface area (Å²) in [4.78, 5) is 8.91. The lowest BCUT2D eigenvalue weighted by atomic mass is 10.2. The van der Waals surface area contributed by atoms with Crippen LogP contribution in [0.3, 0.4) is 0 Å². The average molecular weight is 442 g/mol. The minimum Gasteiger partial charge on any atom is -0.444 e. The van der Waals surface area contributed by atoms with E-state index in [4.69, 9.17) is 4.42 Å². The molecule has 0 amide bonds. The van der Waals surface area contributed by atoms with Crippen LogP contribution >= 0.6 is 27.7 Å². The lowest BCUT2D eigenvalue weighted by Gasteiger charge is -2.05. The number of nitrogens with zero attached hydrogens (tertiary/aromatic N) is 5. The van der Waals surface area contributed by atoms with Crippen molar-refractivity contribution in [1.29, 1.82) is 0 Å². The van der Waals surface area contributed by atoms with Crippen molar-refractivity contribution in [2.45, 2.75) is 23.9 Å². The van der Waals surface area contributed by atoms with E-state index in [9.17, 15) is 0 Å². The second-order valence-electron chi connectivity index (χ2n) is 5.82. The second kappa shape index (κ2) is 8.49. The van der Waals surface area contributed by atoms with E-state index < -0.39 is 0 Å². The molecule has 0 aliphatic rings. The molecule has 0 saturated carbocycles. The summed E-state index contributed by atoms with van der Waals surface area (Å²) in [7, 11) is 0. The molecule has 3 heterocycles. The first kappa shape index (κ1) is 17.9. The van der Waals surface area contributed by atoms with E-state index in [-0.39, 0.29) is 0 Å². The largest absolute Gasteiger partial charge is 0.444 e. The highest BCUT2D eigenvalue weighted by atomic mass is 79.9. The van der Waals surface area contributed by atoms with Crippen molar-refractivity contribution >= 4 is 27.7 Å². The summed E-state index contributed by atoms with van der Waals surface area (Å²) in [5.74, 6) is 1.29. The maximum absolute atomic E-state index is 5.61. The van der Waals surface area contributed by atoms with Crippen LogP contribution in [-0.4, -0.2) is 24.7 Å². The molecule has 3 aromatic heterocycles. The van der Waals surface area contributed by atoms with Crippen LogP contribution in [0.15, 0.2) is 75.3 Å². The average Bonchev–Trinajstić information content (AvgIpc) is 3.35. The number of hydrogen-bond acceptors (Lipinski definition) is 6. The number of halogens is 1. The van der Waals surface area contributed by atoms with Gasteiger partial charge in [-0.25, -0.2) is 4.98 Å². The molecule has 1 aromatic carbocycles. The van der Waals surface area contributed by atoms with E-state index in [1.165, 1.54) is 0 Å². The molecule has 4 aromatic rings. The Hall–Kier alpha value is -2.45. The Balaban J connectivity index is 1.37. The number of pyridine rings is 1. The molecule has 0 saturated heterocycles. The van der Waals surface area contributed by atoms with Gasteiger partial charge in [0.1, 0.15) is 12.6 Å². The summed E-state index contributed by atoms with van der Waals surface area (Å²) >= 11 is 5.02. The molecule has 0 aliphatic heterocycles. The molecule has 0 aliphatic carbocycles. The van der Waals surface area contributed by atoms with E-state index in [2.05, 4.69) is 36.1 Å². The molecule has 0 fully saturated rings. The molecule has 0 spiro atoms. The predicted molar refractivity (Wildman–Crippen MR) is 107 cm³/mol. The van der Waals surface area contributed by atoms with Gasteiger partial charge in [-0.2, -0.15) is 0 Å². The van der Waals surface area contributed by atoms with Gasteiger partial charge in [0, 0.05) is 40.6 Å². The second-order valence-corrected chi connectivity index (χ2v) is 7.68. The Labute approximate surface area is 169 Å². The van der Waals surface area contributed by atoms with Crippen molar-refractivity contribution in [2.24, 2.45) is 0 Å². The number of rotatable bonds is 7. The Morgan fingerprint density at radius 1 is 1.07 bits per heavy atom. The summed E-state index contributed by atoms with van der Waals surface area (Å²) < 4.78 is 8.67. The molecule has 27 heavy (non-hydrogen) atoms. The first-order chi connectivity index (χ1) is 13.3. The number of hydrogen-bond donors (Lipinski definition) is 0. The minimum absolute atomic E-state index is 0.620. The highest BCUT2D eigenvalue weighted by molar-refractivity contribution is 9.10. The van der Waals surface area contributed by atoms with Crippen LogP contribution in [0.2, 0.25) is 0 Å². The van der Waals surface area contributed by atoms with Crippen LogP contribution in [0.5, 0.6) is 0 Å². The summed E-state index contributed by atoms with van der Waals surface area (Å²) in [5.41, 5.74) is 2.88. The van der Waals surface area contributed by atoms with Gasteiger partial charge in [-0.1, -0.05) is 33.8 Å². The molecule has 136 valence electrons. The molecule has 0 unspecified atom stereocenters. The van der Waals surface area contributed by atoms with E-state index in [0.717, 1.165) is 39.5 Å². The summed E-state index contributed by atoms with van der Waals surface area (Å²) in [5, 5.41) is 9.10. The zero-order valence-electron chi connectivity index (χ0n) is 14.3. The van der Waals surface area contributed by atoms with Gasteiger partial charge in [0.05, 0.1) is 5.69 Å². The molecule has 0 N–H and O–H groups in total. The Morgan fingerprint density at radius 2 is 1.96 bits per heavy atom. The monoisotopic (exact) mass is 441 g/mol. The minimum atomic E-state index is 0.620. The molecular weight excluding hydrogens is 426 g/mol. The van der Waals surface area contributed by atoms with Crippen LogP contribution in [0.25, 0.3) is 11.5 Å². The quantitative estimate of drug-likeness (QED) is 0.389. The molecule has 0 bridgehead atoms. The zero-order valence-corrected chi connectivity index (χ0v) is 16.7. The van der Waals surface area contributed by atoms with E-state index in [1.807, 2.05) is 53.2 Å². The van der Waals surface area contributed by atoms with E-state index in [1.54, 1.807) is 24.4 Å². The van der Waals surface area contributed by atoms with E-state index >= 15 is 0 Å². The number of aromatic nitrogens is 5. The topological polar surface area (TPSA) is 69.6 Å². The summed E-state index contributed by atoms with van der Waals surface area (Å²) in [6.07, 6.45) is 6.09. The lowest BCUT2D eigenvalue weighted by Crippen LogP contribution is -2.03. The molecule has 6 nitrogen and oxygen atoms in total. The SMILES string of the molecule is Brc1ccc(-c2nc(CSc3nncn3CCc3ccccn3)co2)cc1. The number of benzene rings is 1. The fourth-order valence-electron chi connectivity index (χ4n) is 2.53. The van der Waals surface area contributed by atoms with E-state index in [0.29, 0.717) is 11.6 Å². The number of thioether (sulfide) groups is 1. The van der Waals surface area contributed by atoms with Gasteiger partial charge < -0.3 is 8.98 Å². The van der Waals surface area contributed by atoms with Crippen molar-refractivity contribution in [2.75, 3.05) is 0 Å². The third kappa shape index (κ3) is 4.64. The van der Waals surface area contributed by atoms with Crippen molar-refractivity contribution in [3.05, 3.63) is 77.1 Å². The van der Waals surface area contributed by atoms with Crippen molar-refractivity contribution in [3.8, 4) is 11.5 Å². The predicted octanol–water partition coefficient (Wildman–Crippen LogP) is 4.63. The lowest BCUT2D eigenvalue weighted by molar-refractivity contribution is 0.573. The Morgan fingerprint density at radius 3 is 2.78 bits per heavy atom. The molecule has 0 atom stereocenters. The van der Waals surface area contributed by atoms with Crippen LogP contribution in [0.4, 0.5) is 0 Å². The fourth-order valence-corrected chi connectivity index (χ4v) is 3.61. The third-order valence-electron chi connectivity index (χ3n) is 3.91. The maximum atomic E-state index is 5.61. The molecular formula is C19H16BrN5OS. The van der Waals surface area contributed by atoms with Gasteiger partial charge in [-0.15, -0.1) is 10.2 Å². The third-order valence-corrected chi connectivity index (χ3v) is 5.45. The normalized spacial score (nSPS) is 11.0. The first-order valence-electron chi connectivity index (χ1n) is 8.39. The van der Waals surface area contributed by atoms with Gasteiger partial charge in [-0.05, 0) is 36.4 Å². The number of oxazole rings is 1. The fraction of sp³-hybridized carbons (Fsp3) is 0.158. The van der Waals surface area contributed by atoms with Crippen LogP contribution < -0.4 is 0 Å². The van der Waals surface area contributed by atoms with Crippen molar-refractivity contribution in [3.63, 3.8) is 0 Å². The standard InChI is InChI=1S/C19H16BrN5OS/c20-15-6-4-14(5-7-15)18-23-17(11-26-18)12-27-19-24-22-13-25(19)10-8-16-3-1-2-9-21-16/h1-7,9,11,13H,8,10,12H2. The van der Waals surface area contributed by atoms with Crippen molar-refractivity contribution in [1.82, 2.24) is 24.7 Å². The zero-order chi connectivity index (χ0) is 18.5. The van der Waals surface area contributed by atoms with Crippen LogP contribution in [-0.2, 0) is 18.7 Å². The smallest absolute Gasteiger partial charge is 0.226 e. The summed E-state index contributed by atoms with van der Waals surface area (Å²) in [6, 6.07) is 13.8. The number of aryl methyl sites for hydroxylation is 2. The van der Waals surface area contributed by atoms with Gasteiger partial charge >= 0.3 is 0 Å². The molecule has 0 radical (unpaired) electrons. The van der Waals surface area contributed by atoms with Crippen LogP contribution in [0, 0.1) is 0 Å². The highest BCUT2D eigenvalue weighted by Crippen LogP contribution is 2.25. The first-order valence-corrected chi connectivity index (χ1v) is 10.2. The Bertz CT molecular complexity index is 1000. The highest BCUT2D eigenvalue weighted by Gasteiger charge is 2.10. The van der Waals surface area contributed by atoms with Gasteiger partial charge in [0.15, 0.2) is 5.16 Å². The van der Waals surface area contributed by atoms with Crippen molar-refractivity contribution < 1.29 is 4.42 Å². The van der Waals surface area contributed by atoms with Gasteiger partial charge in [-0.3, -0.25) is 4.98 Å². The maximum Gasteiger partial charge on any atom is 0.226 e. The molecule has 8 heteroatoms. The molecule has 4 rings (SSSR count).